The fourth-order valence-corrected chi connectivity index (χ4v) is 1.24. The zero-order chi connectivity index (χ0) is 12.9. The summed E-state index contributed by atoms with van der Waals surface area (Å²) >= 11 is 5.79. The van der Waals surface area contributed by atoms with Gasteiger partial charge >= 0.3 is 0 Å². The fraction of sp³-hybridized carbons (Fsp3) is 0.417. The molecule has 17 heavy (non-hydrogen) atoms. The number of halogens is 2. The Kier molecular flexibility index (Phi) is 4.59. The summed E-state index contributed by atoms with van der Waals surface area (Å²) in [5.41, 5.74) is -1.44. The number of rotatable bonds is 5. The van der Waals surface area contributed by atoms with Crippen LogP contribution in [0.15, 0.2) is 18.2 Å². The molecule has 0 aliphatic rings. The Morgan fingerprint density at radius 3 is 2.65 bits per heavy atom. The Morgan fingerprint density at radius 2 is 2.06 bits per heavy atom. The van der Waals surface area contributed by atoms with Crippen LogP contribution in [0.1, 0.15) is 13.8 Å². The van der Waals surface area contributed by atoms with Crippen molar-refractivity contribution in [3.05, 3.63) is 23.2 Å². The normalized spacial score (nSPS) is 10.8. The van der Waals surface area contributed by atoms with Crippen molar-refractivity contribution in [2.45, 2.75) is 19.5 Å². The molecule has 3 nitrogen and oxygen atoms in total. The lowest BCUT2D eigenvalue weighted by molar-refractivity contribution is 0.118. The molecule has 1 aromatic carbocycles. The van der Waals surface area contributed by atoms with Gasteiger partial charge in [-0.15, -0.1) is 0 Å². The van der Waals surface area contributed by atoms with E-state index in [-0.39, 0.29) is 13.2 Å². The van der Waals surface area contributed by atoms with Crippen LogP contribution in [0.4, 0.5) is 4.39 Å². The lowest BCUT2D eigenvalue weighted by Crippen LogP contribution is -2.22. The molecule has 0 N–H and O–H groups in total. The summed E-state index contributed by atoms with van der Waals surface area (Å²) in [6, 6.07) is 6.56. The van der Waals surface area contributed by atoms with Crippen LogP contribution >= 0.6 is 11.6 Å². The van der Waals surface area contributed by atoms with E-state index in [0.29, 0.717) is 16.5 Å². The summed E-state index contributed by atoms with van der Waals surface area (Å²) in [5.74, 6) is 0.707. The molecule has 0 radical (unpaired) electrons. The van der Waals surface area contributed by atoms with Gasteiger partial charge in [-0.25, -0.2) is 4.39 Å². The van der Waals surface area contributed by atoms with Crippen molar-refractivity contribution in [1.29, 1.82) is 5.26 Å². The van der Waals surface area contributed by atoms with E-state index < -0.39 is 5.67 Å². The van der Waals surface area contributed by atoms with Crippen LogP contribution in [0.5, 0.6) is 11.5 Å². The molecule has 0 saturated carbocycles. The van der Waals surface area contributed by atoms with Crippen LogP contribution < -0.4 is 9.47 Å². The standard InChI is InChI=1S/C12H13ClFNO2/c1-12(2,14)8-17-10-4-3-9(13)7-11(10)16-6-5-15/h3-4,7H,6,8H2,1-2H3. The predicted molar refractivity (Wildman–Crippen MR) is 63.2 cm³/mol. The van der Waals surface area contributed by atoms with Crippen molar-refractivity contribution in [2.24, 2.45) is 0 Å². The van der Waals surface area contributed by atoms with Crippen LogP contribution in [0.3, 0.4) is 0 Å². The van der Waals surface area contributed by atoms with Crippen molar-refractivity contribution in [1.82, 2.24) is 0 Å². The van der Waals surface area contributed by atoms with E-state index in [1.165, 1.54) is 19.9 Å². The van der Waals surface area contributed by atoms with Crippen molar-refractivity contribution in [2.75, 3.05) is 13.2 Å². The Balaban J connectivity index is 2.79. The van der Waals surface area contributed by atoms with E-state index >= 15 is 0 Å². The minimum Gasteiger partial charge on any atom is -0.486 e. The van der Waals surface area contributed by atoms with Gasteiger partial charge in [0.25, 0.3) is 0 Å². The minimum absolute atomic E-state index is 0.0997. The van der Waals surface area contributed by atoms with Crippen LogP contribution in [-0.2, 0) is 0 Å². The maximum Gasteiger partial charge on any atom is 0.174 e. The molecule has 1 aromatic rings. The molecule has 0 aliphatic carbocycles. The lowest BCUT2D eigenvalue weighted by atomic mass is 10.2. The monoisotopic (exact) mass is 257 g/mol. The van der Waals surface area contributed by atoms with Gasteiger partial charge in [0.15, 0.2) is 18.1 Å². The average Bonchev–Trinajstić information content (AvgIpc) is 2.23. The highest BCUT2D eigenvalue weighted by atomic mass is 35.5. The van der Waals surface area contributed by atoms with Crippen molar-refractivity contribution >= 4 is 11.6 Å². The van der Waals surface area contributed by atoms with Gasteiger partial charge in [0.05, 0.1) is 0 Å². The average molecular weight is 258 g/mol. The first-order valence-corrected chi connectivity index (χ1v) is 5.41. The summed E-state index contributed by atoms with van der Waals surface area (Å²) in [4.78, 5) is 0. The molecule has 0 atom stereocenters. The predicted octanol–water partition coefficient (Wildman–Crippen LogP) is 3.37. The summed E-state index contributed by atoms with van der Waals surface area (Å²) in [5, 5.41) is 8.90. The number of nitrogens with zero attached hydrogens (tertiary/aromatic N) is 1. The van der Waals surface area contributed by atoms with Crippen molar-refractivity contribution in [3.8, 4) is 17.6 Å². The fourth-order valence-electron chi connectivity index (χ4n) is 1.07. The van der Waals surface area contributed by atoms with Crippen LogP contribution in [0.25, 0.3) is 0 Å². The largest absolute Gasteiger partial charge is 0.486 e. The molecular weight excluding hydrogens is 245 g/mol. The summed E-state index contributed by atoms with van der Waals surface area (Å²) in [6.07, 6.45) is 0. The maximum absolute atomic E-state index is 13.3. The highest BCUT2D eigenvalue weighted by Crippen LogP contribution is 2.31. The maximum atomic E-state index is 13.3. The molecule has 0 fully saturated rings. The summed E-state index contributed by atoms with van der Waals surface area (Å²) < 4.78 is 23.7. The molecule has 5 heteroatoms. The van der Waals surface area contributed by atoms with E-state index in [2.05, 4.69) is 0 Å². The number of ether oxygens (including phenoxy) is 2. The van der Waals surface area contributed by atoms with Gasteiger partial charge in [0, 0.05) is 11.1 Å². The molecule has 0 aliphatic heterocycles. The van der Waals surface area contributed by atoms with E-state index in [1.807, 2.05) is 6.07 Å². The summed E-state index contributed by atoms with van der Waals surface area (Å²) in [6.45, 7) is 2.62. The number of hydrogen-bond acceptors (Lipinski definition) is 3. The number of alkyl halides is 1. The van der Waals surface area contributed by atoms with Crippen LogP contribution in [0, 0.1) is 11.3 Å². The highest BCUT2D eigenvalue weighted by Gasteiger charge is 2.17. The van der Waals surface area contributed by atoms with Crippen molar-refractivity contribution < 1.29 is 13.9 Å². The Morgan fingerprint density at radius 1 is 1.35 bits per heavy atom. The van der Waals surface area contributed by atoms with E-state index in [4.69, 9.17) is 26.3 Å². The molecule has 92 valence electrons. The Bertz CT molecular complexity index is 423. The third kappa shape index (κ3) is 4.92. The smallest absolute Gasteiger partial charge is 0.174 e. The number of nitriles is 1. The van der Waals surface area contributed by atoms with E-state index in [1.54, 1.807) is 12.1 Å². The first-order valence-electron chi connectivity index (χ1n) is 5.03. The van der Waals surface area contributed by atoms with Crippen LogP contribution in [-0.4, -0.2) is 18.9 Å². The van der Waals surface area contributed by atoms with Gasteiger partial charge < -0.3 is 9.47 Å². The molecule has 0 aromatic heterocycles. The second-order valence-electron chi connectivity index (χ2n) is 4.05. The van der Waals surface area contributed by atoms with E-state index in [0.717, 1.165) is 0 Å². The third-order valence-corrected chi connectivity index (χ3v) is 2.00. The third-order valence-electron chi connectivity index (χ3n) is 1.77. The van der Waals surface area contributed by atoms with E-state index in [9.17, 15) is 4.39 Å². The minimum atomic E-state index is -1.44. The zero-order valence-corrected chi connectivity index (χ0v) is 10.4. The molecule has 0 saturated heterocycles. The first-order chi connectivity index (χ1) is 7.92. The molecule has 1 rings (SSSR count). The van der Waals surface area contributed by atoms with Gasteiger partial charge in [-0.1, -0.05) is 11.6 Å². The van der Waals surface area contributed by atoms with Gasteiger partial charge in [-0.2, -0.15) is 5.26 Å². The highest BCUT2D eigenvalue weighted by molar-refractivity contribution is 6.30. The number of hydrogen-bond donors (Lipinski definition) is 0. The zero-order valence-electron chi connectivity index (χ0n) is 9.67. The molecule has 0 heterocycles. The lowest BCUT2D eigenvalue weighted by Gasteiger charge is -2.17. The molecule has 0 amide bonds. The Labute approximate surface area is 105 Å². The molecule has 0 unspecified atom stereocenters. The van der Waals surface area contributed by atoms with Crippen LogP contribution in [0.2, 0.25) is 5.02 Å². The topological polar surface area (TPSA) is 42.2 Å². The molecular formula is C12H13ClFNO2. The Hall–Kier alpha value is -1.47. The second-order valence-corrected chi connectivity index (χ2v) is 4.48. The molecule has 0 spiro atoms. The first kappa shape index (κ1) is 13.6. The van der Waals surface area contributed by atoms with Gasteiger partial charge in [0.2, 0.25) is 0 Å². The number of benzene rings is 1. The van der Waals surface area contributed by atoms with Crippen molar-refractivity contribution in [3.63, 3.8) is 0 Å². The van der Waals surface area contributed by atoms with Gasteiger partial charge in [0.1, 0.15) is 18.3 Å². The SMILES string of the molecule is CC(C)(F)COc1ccc(Cl)cc1OCC#N. The quantitative estimate of drug-likeness (QED) is 0.812. The summed E-state index contributed by atoms with van der Waals surface area (Å²) in [7, 11) is 0. The second kappa shape index (κ2) is 5.74. The molecule has 0 bridgehead atoms. The van der Waals surface area contributed by atoms with Gasteiger partial charge in [-0.05, 0) is 26.0 Å². The van der Waals surface area contributed by atoms with Gasteiger partial charge in [-0.3, -0.25) is 0 Å².